The average molecular weight is 382 g/mol. The molecule has 148 valence electrons. The van der Waals surface area contributed by atoms with Gasteiger partial charge in [0, 0.05) is 26.7 Å². The Kier molecular flexibility index (Phi) is 5.02. The van der Waals surface area contributed by atoms with Crippen LogP contribution in [0.5, 0.6) is 0 Å². The molecule has 1 spiro atoms. The maximum atomic E-state index is 12.5. The van der Waals surface area contributed by atoms with Crippen LogP contribution in [0.3, 0.4) is 0 Å². The maximum absolute atomic E-state index is 12.5. The van der Waals surface area contributed by atoms with E-state index in [9.17, 15) is 9.59 Å². The highest BCUT2D eigenvalue weighted by atomic mass is 16.2. The second kappa shape index (κ2) is 7.61. The van der Waals surface area contributed by atoms with Gasteiger partial charge in [-0.25, -0.2) is 9.48 Å². The number of nitrogens with zero attached hydrogens (tertiary/aromatic N) is 4. The van der Waals surface area contributed by atoms with Crippen molar-refractivity contribution in [2.45, 2.75) is 38.3 Å². The number of rotatable bonds is 4. The first-order chi connectivity index (χ1) is 13.6. The van der Waals surface area contributed by atoms with E-state index in [0.717, 1.165) is 44.3 Å². The molecule has 8 nitrogen and oxygen atoms in total. The first-order valence-electron chi connectivity index (χ1n) is 9.82. The summed E-state index contributed by atoms with van der Waals surface area (Å²) in [6.45, 7) is 2.04. The second-order valence-electron chi connectivity index (χ2n) is 7.71. The fraction of sp³-hybridized carbons (Fsp3) is 0.500. The first kappa shape index (κ1) is 18.5. The van der Waals surface area contributed by atoms with Crippen LogP contribution in [-0.4, -0.2) is 52.0 Å². The molecule has 1 aromatic carbocycles. The Morgan fingerprint density at radius 3 is 2.57 bits per heavy atom. The highest BCUT2D eigenvalue weighted by Gasteiger charge is 2.50. The van der Waals surface area contributed by atoms with Crippen LogP contribution >= 0.6 is 0 Å². The Labute approximate surface area is 164 Å². The average Bonchev–Trinajstić information content (AvgIpc) is 3.20. The van der Waals surface area contributed by atoms with Crippen LogP contribution in [0.15, 0.2) is 36.5 Å². The zero-order chi connectivity index (χ0) is 19.6. The molecule has 8 heteroatoms. The van der Waals surface area contributed by atoms with Gasteiger partial charge in [0.15, 0.2) is 5.69 Å². The van der Waals surface area contributed by atoms with Crippen molar-refractivity contribution in [1.82, 2.24) is 30.5 Å². The van der Waals surface area contributed by atoms with Crippen LogP contribution in [0.25, 0.3) is 0 Å². The van der Waals surface area contributed by atoms with Gasteiger partial charge in [0.2, 0.25) is 0 Å². The van der Waals surface area contributed by atoms with Gasteiger partial charge in [-0.05, 0) is 36.7 Å². The lowest BCUT2D eigenvalue weighted by molar-refractivity contribution is -0.0229. The second-order valence-corrected chi connectivity index (χ2v) is 7.71. The largest absolute Gasteiger partial charge is 0.354 e. The molecular weight excluding hydrogens is 356 g/mol. The summed E-state index contributed by atoms with van der Waals surface area (Å²) in [4.78, 5) is 26.1. The minimum Gasteiger partial charge on any atom is -0.354 e. The molecule has 0 bridgehead atoms. The van der Waals surface area contributed by atoms with Gasteiger partial charge in [0.1, 0.15) is 0 Å². The lowest BCUT2D eigenvalue weighted by Gasteiger charge is -2.53. The lowest BCUT2D eigenvalue weighted by Crippen LogP contribution is -2.53. The SMILES string of the molecule is CNC(=O)c1cn(C2CCC23CCN(C(=O)NCc2ccccc2)CC3)nn1. The molecule has 28 heavy (non-hydrogen) atoms. The first-order valence-corrected chi connectivity index (χ1v) is 9.82. The predicted octanol–water partition coefficient (Wildman–Crippen LogP) is 1.96. The highest BCUT2D eigenvalue weighted by molar-refractivity contribution is 5.91. The Bertz CT molecular complexity index is 841. The van der Waals surface area contributed by atoms with Gasteiger partial charge in [-0.2, -0.15) is 0 Å². The standard InChI is InChI=1S/C20H26N6O2/c1-21-18(27)16-14-26(24-23-16)17-7-8-20(17)9-11-25(12-10-20)19(28)22-13-15-5-3-2-4-6-15/h2-6,14,17H,7-13H2,1H3,(H,21,27)(H,22,28). The number of carbonyl (C=O) groups is 2. The molecule has 1 aromatic heterocycles. The fourth-order valence-corrected chi connectivity index (χ4v) is 4.38. The summed E-state index contributed by atoms with van der Waals surface area (Å²) in [6, 6.07) is 10.2. The molecule has 2 N–H and O–H groups in total. The zero-order valence-corrected chi connectivity index (χ0v) is 16.1. The van der Waals surface area contributed by atoms with Crippen molar-refractivity contribution in [3.63, 3.8) is 0 Å². The molecule has 1 unspecified atom stereocenters. The third-order valence-electron chi connectivity index (χ3n) is 6.24. The summed E-state index contributed by atoms with van der Waals surface area (Å²) in [5.74, 6) is -0.218. The molecule has 1 aliphatic heterocycles. The van der Waals surface area contributed by atoms with E-state index < -0.39 is 0 Å². The zero-order valence-electron chi connectivity index (χ0n) is 16.1. The van der Waals surface area contributed by atoms with E-state index in [1.165, 1.54) is 0 Å². The van der Waals surface area contributed by atoms with E-state index >= 15 is 0 Å². The lowest BCUT2D eigenvalue weighted by atomic mass is 9.59. The number of piperidine rings is 1. The van der Waals surface area contributed by atoms with Gasteiger partial charge >= 0.3 is 6.03 Å². The molecular formula is C20H26N6O2. The topological polar surface area (TPSA) is 92.2 Å². The number of amides is 3. The maximum Gasteiger partial charge on any atom is 0.317 e. The van der Waals surface area contributed by atoms with Crippen molar-refractivity contribution in [2.75, 3.05) is 20.1 Å². The van der Waals surface area contributed by atoms with Crippen LogP contribution in [0.1, 0.15) is 47.8 Å². The van der Waals surface area contributed by atoms with Crippen LogP contribution in [0.2, 0.25) is 0 Å². The van der Waals surface area contributed by atoms with Crippen molar-refractivity contribution in [3.05, 3.63) is 47.8 Å². The van der Waals surface area contributed by atoms with Crippen LogP contribution in [0.4, 0.5) is 4.79 Å². The quantitative estimate of drug-likeness (QED) is 0.846. The van der Waals surface area contributed by atoms with Gasteiger partial charge in [0.25, 0.3) is 5.91 Å². The highest BCUT2D eigenvalue weighted by Crippen LogP contribution is 2.56. The number of hydrogen-bond donors (Lipinski definition) is 2. The van der Waals surface area contributed by atoms with E-state index in [1.54, 1.807) is 13.2 Å². The van der Waals surface area contributed by atoms with Gasteiger partial charge in [-0.15, -0.1) is 5.10 Å². The number of aromatic nitrogens is 3. The normalized spacial score (nSPS) is 20.5. The molecule has 1 atom stereocenters. The third-order valence-corrected chi connectivity index (χ3v) is 6.24. The van der Waals surface area contributed by atoms with Gasteiger partial charge < -0.3 is 15.5 Å². The van der Waals surface area contributed by atoms with E-state index in [0.29, 0.717) is 12.2 Å². The monoisotopic (exact) mass is 382 g/mol. The molecule has 2 aromatic rings. The number of urea groups is 1. The van der Waals surface area contributed by atoms with Crippen molar-refractivity contribution in [1.29, 1.82) is 0 Å². The molecule has 1 aliphatic carbocycles. The Morgan fingerprint density at radius 2 is 1.93 bits per heavy atom. The fourth-order valence-electron chi connectivity index (χ4n) is 4.38. The molecule has 2 heterocycles. The van der Waals surface area contributed by atoms with Crippen molar-refractivity contribution in [2.24, 2.45) is 5.41 Å². The molecule has 0 radical (unpaired) electrons. The van der Waals surface area contributed by atoms with E-state index in [1.807, 2.05) is 39.9 Å². The predicted molar refractivity (Wildman–Crippen MR) is 104 cm³/mol. The van der Waals surface area contributed by atoms with E-state index in [-0.39, 0.29) is 23.4 Å². The number of carbonyl (C=O) groups excluding carboxylic acids is 2. The summed E-state index contributed by atoms with van der Waals surface area (Å²) in [6.07, 6.45) is 5.81. The Morgan fingerprint density at radius 1 is 1.18 bits per heavy atom. The minimum absolute atomic E-state index is 0.00256. The Hall–Kier alpha value is -2.90. The number of nitrogens with one attached hydrogen (secondary N) is 2. The summed E-state index contributed by atoms with van der Waals surface area (Å²) < 4.78 is 1.85. The number of likely N-dealkylation sites (tertiary alicyclic amines) is 1. The van der Waals surface area contributed by atoms with Crippen molar-refractivity contribution >= 4 is 11.9 Å². The molecule has 2 fully saturated rings. The molecule has 1 saturated carbocycles. The summed E-state index contributed by atoms with van der Waals surface area (Å²) in [5.41, 5.74) is 1.60. The third kappa shape index (κ3) is 3.46. The number of hydrogen-bond acceptors (Lipinski definition) is 4. The van der Waals surface area contributed by atoms with Crippen LogP contribution in [-0.2, 0) is 6.54 Å². The van der Waals surface area contributed by atoms with E-state index in [2.05, 4.69) is 20.9 Å². The molecule has 2 aliphatic rings. The van der Waals surface area contributed by atoms with Crippen LogP contribution in [0, 0.1) is 5.41 Å². The summed E-state index contributed by atoms with van der Waals surface area (Å²) in [7, 11) is 1.59. The minimum atomic E-state index is -0.218. The van der Waals surface area contributed by atoms with Gasteiger partial charge in [-0.3, -0.25) is 4.79 Å². The smallest absolute Gasteiger partial charge is 0.317 e. The van der Waals surface area contributed by atoms with Crippen molar-refractivity contribution in [3.8, 4) is 0 Å². The summed E-state index contributed by atoms with van der Waals surface area (Å²) in [5, 5.41) is 13.8. The van der Waals surface area contributed by atoms with Crippen molar-refractivity contribution < 1.29 is 9.59 Å². The van der Waals surface area contributed by atoms with E-state index in [4.69, 9.17) is 0 Å². The van der Waals surface area contributed by atoms with Gasteiger partial charge in [0.05, 0.1) is 12.2 Å². The van der Waals surface area contributed by atoms with Crippen LogP contribution < -0.4 is 10.6 Å². The molecule has 1 saturated heterocycles. The van der Waals surface area contributed by atoms with Gasteiger partial charge in [-0.1, -0.05) is 35.5 Å². The molecule has 4 rings (SSSR count). The Balaban J connectivity index is 1.32. The molecule has 3 amide bonds. The number of benzene rings is 1. The summed E-state index contributed by atoms with van der Waals surface area (Å²) >= 11 is 0.